The van der Waals surface area contributed by atoms with Gasteiger partial charge >= 0.3 is 0 Å². The zero-order valence-electron chi connectivity index (χ0n) is 9.64. The van der Waals surface area contributed by atoms with Crippen molar-refractivity contribution < 1.29 is 9.18 Å². The van der Waals surface area contributed by atoms with Gasteiger partial charge in [-0.2, -0.15) is 0 Å². The quantitative estimate of drug-likeness (QED) is 0.637. The summed E-state index contributed by atoms with van der Waals surface area (Å²) < 4.78 is 14.2. The minimum absolute atomic E-state index is 0.00648. The molecule has 2 nitrogen and oxygen atoms in total. The number of hydrogen-bond donors (Lipinski definition) is 1. The van der Waals surface area contributed by atoms with Crippen LogP contribution in [0, 0.1) is 11.7 Å². The van der Waals surface area contributed by atoms with Crippen molar-refractivity contribution in [2.24, 2.45) is 5.92 Å². The van der Waals surface area contributed by atoms with Gasteiger partial charge in [-0.1, -0.05) is 48.0 Å². The predicted molar refractivity (Wildman–Crippen MR) is 76.4 cm³/mol. The lowest BCUT2D eigenvalue weighted by atomic mass is 10.1. The average Bonchev–Trinajstić information content (AvgIpc) is 2.28. The first-order valence-electron chi connectivity index (χ1n) is 5.27. The molecule has 0 aliphatic rings. The van der Waals surface area contributed by atoms with Gasteiger partial charge < -0.3 is 5.32 Å². The summed E-state index contributed by atoms with van der Waals surface area (Å²) in [6, 6.07) is 4.00. The molecule has 1 atom stereocenters. The summed E-state index contributed by atoms with van der Waals surface area (Å²) in [7, 11) is 0. The second-order valence-corrected chi connectivity index (χ2v) is 5.42. The summed E-state index contributed by atoms with van der Waals surface area (Å²) in [5, 5.41) is 3.16. The molecule has 0 saturated carbocycles. The lowest BCUT2D eigenvalue weighted by Crippen LogP contribution is -2.40. The maximum atomic E-state index is 13.5. The first-order chi connectivity index (χ1) is 7.95. The van der Waals surface area contributed by atoms with Crippen LogP contribution in [-0.4, -0.2) is 16.4 Å². The van der Waals surface area contributed by atoms with Gasteiger partial charge in [-0.15, -0.1) is 0 Å². The van der Waals surface area contributed by atoms with Gasteiger partial charge in [-0.25, -0.2) is 4.39 Å². The first kappa shape index (κ1) is 14.7. The van der Waals surface area contributed by atoms with E-state index in [0.29, 0.717) is 10.9 Å². The molecule has 1 aromatic carbocycles. The largest absolute Gasteiger partial charge is 0.348 e. The van der Waals surface area contributed by atoms with Gasteiger partial charge in [-0.05, 0) is 24.1 Å². The molecule has 1 rings (SSSR count). The Morgan fingerprint density at radius 2 is 2.18 bits per heavy atom. The number of nitrogens with one attached hydrogen (secondary N) is 1. The Kier molecular flexibility index (Phi) is 5.66. The fraction of sp³-hybridized carbons (Fsp3) is 0.417. The van der Waals surface area contributed by atoms with Gasteiger partial charge in [-0.3, -0.25) is 4.79 Å². The molecular formula is C12H14ClFINO. The van der Waals surface area contributed by atoms with Crippen molar-refractivity contribution in [3.8, 4) is 0 Å². The molecule has 1 aromatic rings. The maximum Gasteiger partial charge on any atom is 0.254 e. The zero-order chi connectivity index (χ0) is 13.0. The van der Waals surface area contributed by atoms with Crippen LogP contribution in [0.15, 0.2) is 18.2 Å². The predicted octanol–water partition coefficient (Wildman–Crippen LogP) is 3.67. The zero-order valence-corrected chi connectivity index (χ0v) is 12.5. The Bertz CT molecular complexity index is 411. The minimum atomic E-state index is -0.553. The number of halogens is 3. The van der Waals surface area contributed by atoms with E-state index >= 15 is 0 Å². The number of amides is 1. The van der Waals surface area contributed by atoms with Crippen LogP contribution in [0.2, 0.25) is 5.02 Å². The van der Waals surface area contributed by atoms with Crippen molar-refractivity contribution in [3.63, 3.8) is 0 Å². The number of rotatable bonds is 4. The number of benzene rings is 1. The summed E-state index contributed by atoms with van der Waals surface area (Å²) in [6.07, 6.45) is 0. The van der Waals surface area contributed by atoms with Gasteiger partial charge in [0.15, 0.2) is 0 Å². The Morgan fingerprint density at radius 3 is 2.71 bits per heavy atom. The highest BCUT2D eigenvalue weighted by molar-refractivity contribution is 14.1. The Hall–Kier alpha value is -0.360. The van der Waals surface area contributed by atoms with E-state index in [2.05, 4.69) is 27.9 Å². The van der Waals surface area contributed by atoms with Crippen LogP contribution in [0.3, 0.4) is 0 Å². The summed E-state index contributed by atoms with van der Waals surface area (Å²) in [5.41, 5.74) is -0.00648. The van der Waals surface area contributed by atoms with Crippen molar-refractivity contribution >= 4 is 40.1 Å². The molecule has 1 unspecified atom stereocenters. The highest BCUT2D eigenvalue weighted by atomic mass is 127. The SMILES string of the molecule is CC(C)C(CI)NC(=O)c1cc(Cl)ccc1F. The molecule has 94 valence electrons. The maximum absolute atomic E-state index is 13.5. The van der Waals surface area contributed by atoms with E-state index in [0.717, 1.165) is 4.43 Å². The second kappa shape index (κ2) is 6.54. The van der Waals surface area contributed by atoms with Crippen LogP contribution in [0.1, 0.15) is 24.2 Å². The Balaban J connectivity index is 2.86. The lowest BCUT2D eigenvalue weighted by Gasteiger charge is -2.20. The van der Waals surface area contributed by atoms with E-state index in [4.69, 9.17) is 11.6 Å². The number of carbonyl (C=O) groups is 1. The van der Waals surface area contributed by atoms with Crippen molar-refractivity contribution in [3.05, 3.63) is 34.6 Å². The summed E-state index contributed by atoms with van der Waals surface area (Å²) in [5.74, 6) is -0.665. The van der Waals surface area contributed by atoms with E-state index in [1.54, 1.807) is 0 Å². The highest BCUT2D eigenvalue weighted by Crippen LogP contribution is 2.15. The van der Waals surface area contributed by atoms with E-state index in [-0.39, 0.29) is 11.6 Å². The van der Waals surface area contributed by atoms with Crippen LogP contribution in [0.5, 0.6) is 0 Å². The van der Waals surface area contributed by atoms with Crippen LogP contribution in [-0.2, 0) is 0 Å². The molecule has 0 aliphatic heterocycles. The van der Waals surface area contributed by atoms with Crippen molar-refractivity contribution in [2.45, 2.75) is 19.9 Å². The summed E-state index contributed by atoms with van der Waals surface area (Å²) in [6.45, 7) is 4.02. The highest BCUT2D eigenvalue weighted by Gasteiger charge is 2.18. The molecular weight excluding hydrogens is 355 g/mol. The molecule has 1 amide bonds. The fourth-order valence-corrected chi connectivity index (χ4v) is 2.71. The van der Waals surface area contributed by atoms with Crippen LogP contribution >= 0.6 is 34.2 Å². The van der Waals surface area contributed by atoms with Gasteiger partial charge in [0.2, 0.25) is 0 Å². The molecule has 0 aromatic heterocycles. The molecule has 0 spiro atoms. The molecule has 0 heterocycles. The van der Waals surface area contributed by atoms with Gasteiger partial charge in [0.25, 0.3) is 5.91 Å². The third-order valence-electron chi connectivity index (χ3n) is 2.46. The van der Waals surface area contributed by atoms with E-state index < -0.39 is 11.7 Å². The number of carbonyl (C=O) groups excluding carboxylic acids is 1. The molecule has 0 saturated heterocycles. The first-order valence-corrected chi connectivity index (χ1v) is 7.18. The van der Waals surface area contributed by atoms with E-state index in [9.17, 15) is 9.18 Å². The smallest absolute Gasteiger partial charge is 0.254 e. The van der Waals surface area contributed by atoms with Crippen molar-refractivity contribution in [1.29, 1.82) is 0 Å². The van der Waals surface area contributed by atoms with Crippen LogP contribution < -0.4 is 5.32 Å². The topological polar surface area (TPSA) is 29.1 Å². The third kappa shape index (κ3) is 4.10. The van der Waals surface area contributed by atoms with E-state index in [1.807, 2.05) is 13.8 Å². The minimum Gasteiger partial charge on any atom is -0.348 e. The number of hydrogen-bond acceptors (Lipinski definition) is 1. The molecule has 1 N–H and O–H groups in total. The normalized spacial score (nSPS) is 12.6. The summed E-state index contributed by atoms with van der Waals surface area (Å²) in [4.78, 5) is 11.9. The molecule has 0 aliphatic carbocycles. The van der Waals surface area contributed by atoms with Crippen molar-refractivity contribution in [1.82, 2.24) is 5.32 Å². The fourth-order valence-electron chi connectivity index (χ4n) is 1.30. The Labute approximate surface area is 119 Å². The molecule has 17 heavy (non-hydrogen) atoms. The van der Waals surface area contributed by atoms with Crippen molar-refractivity contribution in [2.75, 3.05) is 4.43 Å². The standard InChI is InChI=1S/C12H14ClFINO/c1-7(2)11(6-15)16-12(17)9-5-8(13)3-4-10(9)14/h3-5,7,11H,6H2,1-2H3,(H,16,17). The van der Waals surface area contributed by atoms with E-state index in [1.165, 1.54) is 18.2 Å². The third-order valence-corrected chi connectivity index (χ3v) is 3.64. The number of alkyl halides is 1. The van der Waals surface area contributed by atoms with Crippen LogP contribution in [0.25, 0.3) is 0 Å². The summed E-state index contributed by atoms with van der Waals surface area (Å²) >= 11 is 7.94. The van der Waals surface area contributed by atoms with Crippen LogP contribution in [0.4, 0.5) is 4.39 Å². The monoisotopic (exact) mass is 369 g/mol. The average molecular weight is 370 g/mol. The molecule has 0 radical (unpaired) electrons. The second-order valence-electron chi connectivity index (χ2n) is 4.10. The van der Waals surface area contributed by atoms with Gasteiger partial charge in [0.1, 0.15) is 5.82 Å². The molecule has 0 fully saturated rings. The van der Waals surface area contributed by atoms with Gasteiger partial charge in [0.05, 0.1) is 5.56 Å². The lowest BCUT2D eigenvalue weighted by molar-refractivity contribution is 0.0928. The Morgan fingerprint density at radius 1 is 1.53 bits per heavy atom. The molecule has 0 bridgehead atoms. The molecule has 5 heteroatoms. The van der Waals surface area contributed by atoms with Gasteiger partial charge in [0, 0.05) is 15.5 Å².